The number of carbonyl (C=O) groups is 1. The highest BCUT2D eigenvalue weighted by atomic mass is 35.5. The second kappa shape index (κ2) is 12.9. The lowest BCUT2D eigenvalue weighted by Gasteiger charge is -2.23. The topological polar surface area (TPSA) is 138 Å². The van der Waals surface area contributed by atoms with Gasteiger partial charge in [-0.15, -0.1) is 0 Å². The fourth-order valence-electron chi connectivity index (χ4n) is 3.68. The number of aliphatic imine (C=N–C) groups is 1. The number of primary amides is 1. The van der Waals surface area contributed by atoms with Crippen LogP contribution in [0, 0.1) is 11.3 Å². The van der Waals surface area contributed by atoms with Crippen LogP contribution in [0.2, 0.25) is 10.0 Å². The van der Waals surface area contributed by atoms with E-state index >= 15 is 0 Å². The molecule has 0 heterocycles. The van der Waals surface area contributed by atoms with E-state index in [1.165, 1.54) is 24.3 Å². The quantitative estimate of drug-likeness (QED) is 0.208. The van der Waals surface area contributed by atoms with Crippen molar-refractivity contribution in [3.63, 3.8) is 0 Å². The van der Waals surface area contributed by atoms with Gasteiger partial charge in [-0.05, 0) is 53.4 Å². The van der Waals surface area contributed by atoms with Crippen LogP contribution in [0.5, 0.6) is 0 Å². The van der Waals surface area contributed by atoms with E-state index in [0.717, 1.165) is 5.56 Å². The molecule has 0 spiro atoms. The summed E-state index contributed by atoms with van der Waals surface area (Å²) in [5.41, 5.74) is 7.29. The molecule has 0 radical (unpaired) electrons. The van der Waals surface area contributed by atoms with Crippen molar-refractivity contribution >= 4 is 50.8 Å². The number of sulfonamides is 1. The Hall–Kier alpha value is -3.40. The van der Waals surface area contributed by atoms with Gasteiger partial charge in [0, 0.05) is 21.7 Å². The number of hydrogen-bond acceptors (Lipinski definition) is 5. The van der Waals surface area contributed by atoms with Gasteiger partial charge in [0.2, 0.25) is 11.9 Å². The van der Waals surface area contributed by atoms with E-state index in [0.29, 0.717) is 15.6 Å². The van der Waals surface area contributed by atoms with Gasteiger partial charge in [0.1, 0.15) is 6.04 Å². The van der Waals surface area contributed by atoms with Crippen molar-refractivity contribution < 1.29 is 13.2 Å². The molecule has 2 atom stereocenters. The van der Waals surface area contributed by atoms with Gasteiger partial charge >= 0.3 is 0 Å². The van der Waals surface area contributed by atoms with E-state index in [4.69, 9.17) is 34.3 Å². The molecule has 0 bridgehead atoms. The zero-order chi connectivity index (χ0) is 27.9. The van der Waals surface area contributed by atoms with Gasteiger partial charge in [0.05, 0.1) is 11.4 Å². The van der Waals surface area contributed by atoms with Crippen molar-refractivity contribution in [1.29, 1.82) is 5.41 Å². The lowest BCUT2D eigenvalue weighted by molar-refractivity contribution is -0.120. The Labute approximate surface area is 232 Å². The van der Waals surface area contributed by atoms with E-state index in [1.807, 2.05) is 30.3 Å². The normalized spacial score (nSPS) is 13.6. The van der Waals surface area contributed by atoms with Gasteiger partial charge in [-0.1, -0.05) is 79.5 Å². The molecule has 1 amide bonds. The van der Waals surface area contributed by atoms with E-state index in [2.05, 4.69) is 15.0 Å². The molecule has 0 aromatic heterocycles. The van der Waals surface area contributed by atoms with E-state index in [9.17, 15) is 13.2 Å². The van der Waals surface area contributed by atoms with Crippen molar-refractivity contribution in [3.05, 3.63) is 100 Å². The lowest BCUT2D eigenvalue weighted by Crippen LogP contribution is -2.53. The molecule has 2 unspecified atom stereocenters. The standard InChI is InChI=1S/C27H29Cl2N5O3S/c1-17(2)25(26(31)35)33-27(34-38(36,37)22-14-12-21(29)13-15-22)32-16-23(18-6-4-3-5-7-18)24(30)19-8-10-20(28)11-9-19/h3-15,17,23,25,30H,16H2,1-2H3,(H2,31,35)(H2,32,33,34). The van der Waals surface area contributed by atoms with Crippen LogP contribution < -0.4 is 15.8 Å². The van der Waals surface area contributed by atoms with Crippen LogP contribution in [0.4, 0.5) is 0 Å². The second-order valence-electron chi connectivity index (χ2n) is 8.90. The number of benzene rings is 3. The number of nitrogens with two attached hydrogens (primary N) is 1. The summed E-state index contributed by atoms with van der Waals surface area (Å²) in [6.07, 6.45) is 0. The number of hydrogen-bond donors (Lipinski definition) is 4. The number of rotatable bonds is 10. The van der Waals surface area contributed by atoms with Crippen molar-refractivity contribution in [1.82, 2.24) is 10.0 Å². The van der Waals surface area contributed by atoms with Crippen molar-refractivity contribution in [3.8, 4) is 0 Å². The smallest absolute Gasteiger partial charge is 0.264 e. The van der Waals surface area contributed by atoms with Crippen LogP contribution in [0.1, 0.15) is 30.9 Å². The largest absolute Gasteiger partial charge is 0.368 e. The highest BCUT2D eigenvalue weighted by Crippen LogP contribution is 2.23. The molecule has 3 aromatic rings. The first kappa shape index (κ1) is 29.2. The van der Waals surface area contributed by atoms with Crippen LogP contribution in [-0.2, 0) is 14.8 Å². The van der Waals surface area contributed by atoms with E-state index < -0.39 is 27.9 Å². The molecule has 0 aliphatic heterocycles. The van der Waals surface area contributed by atoms with Crippen LogP contribution in [-0.4, -0.2) is 38.6 Å². The molecule has 200 valence electrons. The Bertz CT molecular complexity index is 1390. The van der Waals surface area contributed by atoms with Crippen molar-refractivity contribution in [2.24, 2.45) is 16.6 Å². The summed E-state index contributed by atoms with van der Waals surface area (Å²) in [6, 6.07) is 20.9. The highest BCUT2D eigenvalue weighted by Gasteiger charge is 2.25. The van der Waals surface area contributed by atoms with Gasteiger partial charge in [0.25, 0.3) is 10.0 Å². The Morgan fingerprint density at radius 3 is 2.03 bits per heavy atom. The summed E-state index contributed by atoms with van der Waals surface area (Å²) >= 11 is 11.9. The summed E-state index contributed by atoms with van der Waals surface area (Å²) < 4.78 is 28.7. The lowest BCUT2D eigenvalue weighted by atomic mass is 9.90. The summed E-state index contributed by atoms with van der Waals surface area (Å²) in [6.45, 7) is 3.55. The van der Waals surface area contributed by atoms with Crippen LogP contribution in [0.3, 0.4) is 0 Å². The molecule has 8 nitrogen and oxygen atoms in total. The second-order valence-corrected chi connectivity index (χ2v) is 11.5. The average Bonchev–Trinajstić information content (AvgIpc) is 2.87. The molecule has 11 heteroatoms. The molecule has 0 fully saturated rings. The van der Waals surface area contributed by atoms with Crippen molar-refractivity contribution in [2.75, 3.05) is 6.54 Å². The predicted molar refractivity (Wildman–Crippen MR) is 152 cm³/mol. The number of carbonyl (C=O) groups excluding carboxylic acids is 1. The minimum atomic E-state index is -4.09. The maximum absolute atomic E-state index is 13.1. The molecule has 3 aromatic carbocycles. The monoisotopic (exact) mass is 573 g/mol. The first-order valence-corrected chi connectivity index (χ1v) is 14.0. The Morgan fingerprint density at radius 1 is 0.947 bits per heavy atom. The van der Waals surface area contributed by atoms with Gasteiger partial charge < -0.3 is 16.5 Å². The SMILES string of the molecule is CC(C)C(NC(=NCC(C(=N)c1ccc(Cl)cc1)c1ccccc1)NS(=O)(=O)c1ccc(Cl)cc1)C(N)=O. The Balaban J connectivity index is 2.00. The summed E-state index contributed by atoms with van der Waals surface area (Å²) in [5.74, 6) is -1.61. The van der Waals surface area contributed by atoms with Crippen LogP contribution in [0.15, 0.2) is 88.8 Å². The number of amides is 1. The third-order valence-electron chi connectivity index (χ3n) is 5.76. The van der Waals surface area contributed by atoms with Crippen LogP contribution in [0.25, 0.3) is 0 Å². The minimum absolute atomic E-state index is 0.000517. The van der Waals surface area contributed by atoms with Gasteiger partial charge in [-0.3, -0.25) is 9.79 Å². The predicted octanol–water partition coefficient (Wildman–Crippen LogP) is 4.58. The van der Waals surface area contributed by atoms with Crippen LogP contribution >= 0.6 is 23.2 Å². The third-order valence-corrected chi connectivity index (χ3v) is 7.62. The Morgan fingerprint density at radius 2 is 1.50 bits per heavy atom. The van der Waals surface area contributed by atoms with Gasteiger partial charge in [-0.2, -0.15) is 0 Å². The summed E-state index contributed by atoms with van der Waals surface area (Å²) in [7, 11) is -4.09. The average molecular weight is 575 g/mol. The number of nitrogens with zero attached hydrogens (tertiary/aromatic N) is 1. The zero-order valence-electron chi connectivity index (χ0n) is 20.9. The minimum Gasteiger partial charge on any atom is -0.368 e. The summed E-state index contributed by atoms with van der Waals surface area (Å²) in [4.78, 5) is 16.6. The molecular weight excluding hydrogens is 545 g/mol. The molecule has 0 aliphatic rings. The molecule has 38 heavy (non-hydrogen) atoms. The zero-order valence-corrected chi connectivity index (χ0v) is 23.2. The molecule has 5 N–H and O–H groups in total. The fraction of sp³-hybridized carbons (Fsp3) is 0.222. The summed E-state index contributed by atoms with van der Waals surface area (Å²) in [5, 5.41) is 12.7. The van der Waals surface area contributed by atoms with E-state index in [1.54, 1.807) is 38.1 Å². The molecule has 0 saturated carbocycles. The van der Waals surface area contributed by atoms with Gasteiger partial charge in [-0.25, -0.2) is 13.1 Å². The first-order valence-electron chi connectivity index (χ1n) is 11.8. The highest BCUT2D eigenvalue weighted by molar-refractivity contribution is 7.90. The fourth-order valence-corrected chi connectivity index (χ4v) is 4.93. The van der Waals surface area contributed by atoms with E-state index in [-0.39, 0.29) is 29.0 Å². The third kappa shape index (κ3) is 7.80. The maximum Gasteiger partial charge on any atom is 0.264 e. The molecule has 0 saturated heterocycles. The van der Waals surface area contributed by atoms with Crippen molar-refractivity contribution in [2.45, 2.75) is 30.7 Å². The molecule has 0 aliphatic carbocycles. The Kier molecular flexibility index (Phi) is 9.90. The van der Waals surface area contributed by atoms with Gasteiger partial charge in [0.15, 0.2) is 0 Å². The molecular formula is C27H29Cl2N5O3S. The number of guanidine groups is 1. The first-order chi connectivity index (χ1) is 18.0. The number of halogens is 2. The maximum atomic E-state index is 13.1. The number of nitrogens with one attached hydrogen (secondary N) is 3. The molecule has 3 rings (SSSR count).